The summed E-state index contributed by atoms with van der Waals surface area (Å²) in [4.78, 5) is 16.1. The van der Waals surface area contributed by atoms with Crippen LogP contribution in [0.4, 0.5) is 13.2 Å². The first-order chi connectivity index (χ1) is 12.5. The molecule has 3 aromatic heterocycles. The molecule has 26 heavy (non-hydrogen) atoms. The number of benzene rings is 1. The molecule has 132 valence electrons. The largest absolute Gasteiger partial charge is 0.420 e. The van der Waals surface area contributed by atoms with Crippen molar-refractivity contribution in [1.29, 1.82) is 0 Å². The first-order valence-corrected chi connectivity index (χ1v) is 7.37. The number of fused-ring (bicyclic) bond motifs is 1. The van der Waals surface area contributed by atoms with Crippen molar-refractivity contribution in [2.24, 2.45) is 0 Å². The van der Waals surface area contributed by atoms with Gasteiger partial charge < -0.3 is 8.83 Å². The monoisotopic (exact) mass is 362 g/mol. The van der Waals surface area contributed by atoms with Gasteiger partial charge in [-0.05, 0) is 24.3 Å². The fraction of sp³-hybridized carbons (Fsp3) is 0.125. The van der Waals surface area contributed by atoms with Gasteiger partial charge in [0.15, 0.2) is 5.58 Å². The molecule has 0 amide bonds. The Balaban J connectivity index is 1.63. The summed E-state index contributed by atoms with van der Waals surface area (Å²) >= 11 is 0. The lowest BCUT2D eigenvalue weighted by Gasteiger charge is -2.03. The average molecular weight is 362 g/mol. The second-order valence-electron chi connectivity index (χ2n) is 5.35. The predicted molar refractivity (Wildman–Crippen MR) is 82.0 cm³/mol. The van der Waals surface area contributed by atoms with Crippen LogP contribution in [0.3, 0.4) is 0 Å². The van der Waals surface area contributed by atoms with E-state index in [9.17, 15) is 18.0 Å². The Hall–Kier alpha value is -3.43. The molecule has 4 aromatic rings. The van der Waals surface area contributed by atoms with E-state index in [1.54, 1.807) is 12.1 Å². The summed E-state index contributed by atoms with van der Waals surface area (Å²) in [7, 11) is 0. The van der Waals surface area contributed by atoms with Crippen molar-refractivity contribution in [2.75, 3.05) is 0 Å². The van der Waals surface area contributed by atoms with Crippen molar-refractivity contribution in [1.82, 2.24) is 19.7 Å². The Labute approximate surface area is 142 Å². The lowest BCUT2D eigenvalue weighted by atomic mass is 10.2. The predicted octanol–water partition coefficient (Wildman–Crippen LogP) is 3.16. The first-order valence-electron chi connectivity index (χ1n) is 7.37. The van der Waals surface area contributed by atoms with E-state index < -0.39 is 23.9 Å². The minimum atomic E-state index is -2.86. The van der Waals surface area contributed by atoms with Crippen LogP contribution in [0.1, 0.15) is 18.0 Å². The Kier molecular flexibility index (Phi) is 3.79. The highest BCUT2D eigenvalue weighted by molar-refractivity contribution is 5.72. The molecule has 0 atom stereocenters. The molecule has 1 aromatic carbocycles. The van der Waals surface area contributed by atoms with E-state index in [-0.39, 0.29) is 18.0 Å². The van der Waals surface area contributed by atoms with Gasteiger partial charge in [0, 0.05) is 12.3 Å². The zero-order valence-corrected chi connectivity index (χ0v) is 12.9. The highest BCUT2D eigenvalue weighted by atomic mass is 19.3. The maximum absolute atomic E-state index is 13.4. The minimum Gasteiger partial charge on any atom is -0.415 e. The summed E-state index contributed by atoms with van der Waals surface area (Å²) in [5.41, 5.74) is 1.39. The van der Waals surface area contributed by atoms with Crippen LogP contribution in [-0.2, 0) is 6.54 Å². The molecule has 10 heteroatoms. The van der Waals surface area contributed by atoms with Crippen molar-refractivity contribution in [3.05, 3.63) is 64.5 Å². The van der Waals surface area contributed by atoms with Gasteiger partial charge in [0.25, 0.3) is 5.89 Å². The number of hydrogen-bond acceptors (Lipinski definition) is 6. The van der Waals surface area contributed by atoms with Gasteiger partial charge in [-0.3, -0.25) is 9.55 Å². The third-order valence-electron chi connectivity index (χ3n) is 3.65. The molecule has 7 nitrogen and oxygen atoms in total. The van der Waals surface area contributed by atoms with Crippen LogP contribution in [0, 0.1) is 5.82 Å². The molecule has 0 bridgehead atoms. The van der Waals surface area contributed by atoms with Crippen molar-refractivity contribution >= 4 is 11.1 Å². The number of aromatic nitrogens is 4. The number of pyridine rings is 1. The highest BCUT2D eigenvalue weighted by Crippen LogP contribution is 2.23. The lowest BCUT2D eigenvalue weighted by Crippen LogP contribution is -2.15. The third kappa shape index (κ3) is 2.85. The van der Waals surface area contributed by atoms with Crippen LogP contribution in [0.5, 0.6) is 0 Å². The fourth-order valence-electron chi connectivity index (χ4n) is 2.43. The Morgan fingerprint density at radius 3 is 2.65 bits per heavy atom. The Morgan fingerprint density at radius 2 is 1.96 bits per heavy atom. The molecule has 0 spiro atoms. The summed E-state index contributed by atoms with van der Waals surface area (Å²) in [6, 6.07) is 6.86. The molecule has 0 aliphatic heterocycles. The molecular weight excluding hydrogens is 353 g/mol. The number of hydrogen-bond donors (Lipinski definition) is 0. The highest BCUT2D eigenvalue weighted by Gasteiger charge is 2.17. The van der Waals surface area contributed by atoms with E-state index in [1.165, 1.54) is 29.0 Å². The maximum Gasteiger partial charge on any atom is 0.420 e. The number of rotatable bonds is 4. The van der Waals surface area contributed by atoms with E-state index in [2.05, 4.69) is 15.2 Å². The molecule has 0 radical (unpaired) electrons. The standard InChI is InChI=1S/C16H9F3N4O3/c17-9-2-4-12-11(5-9)23(16(24)25-12)7-10-3-1-8(6-20-10)14-21-22-15(26-14)13(18)19/h1-6,13H,7H2. The van der Waals surface area contributed by atoms with Crippen LogP contribution in [0.25, 0.3) is 22.6 Å². The van der Waals surface area contributed by atoms with Gasteiger partial charge in [-0.2, -0.15) is 8.78 Å². The van der Waals surface area contributed by atoms with E-state index in [0.717, 1.165) is 0 Å². The average Bonchev–Trinajstić information content (AvgIpc) is 3.22. The maximum atomic E-state index is 13.4. The van der Waals surface area contributed by atoms with E-state index in [0.29, 0.717) is 16.8 Å². The summed E-state index contributed by atoms with van der Waals surface area (Å²) in [6.07, 6.45) is -1.50. The number of oxazole rings is 1. The van der Waals surface area contributed by atoms with Crippen LogP contribution < -0.4 is 5.76 Å². The van der Waals surface area contributed by atoms with Gasteiger partial charge in [-0.1, -0.05) is 0 Å². The van der Waals surface area contributed by atoms with E-state index in [1.807, 2.05) is 0 Å². The van der Waals surface area contributed by atoms with Gasteiger partial charge in [-0.25, -0.2) is 9.18 Å². The number of nitrogens with zero attached hydrogens (tertiary/aromatic N) is 4. The fourth-order valence-corrected chi connectivity index (χ4v) is 2.43. The van der Waals surface area contributed by atoms with Crippen LogP contribution >= 0.6 is 0 Å². The summed E-state index contributed by atoms with van der Waals surface area (Å²) in [5.74, 6) is -2.01. The van der Waals surface area contributed by atoms with Gasteiger partial charge in [-0.15, -0.1) is 10.2 Å². The smallest absolute Gasteiger partial charge is 0.415 e. The summed E-state index contributed by atoms with van der Waals surface area (Å²) < 4.78 is 49.5. The quantitative estimate of drug-likeness (QED) is 0.554. The minimum absolute atomic E-state index is 0.0433. The molecular formula is C16H9F3N4O3. The van der Waals surface area contributed by atoms with Gasteiger partial charge >= 0.3 is 12.2 Å². The molecule has 0 N–H and O–H groups in total. The molecule has 0 saturated heterocycles. The van der Waals surface area contributed by atoms with Crippen molar-refractivity contribution < 1.29 is 22.0 Å². The van der Waals surface area contributed by atoms with Crippen molar-refractivity contribution in [3.63, 3.8) is 0 Å². The van der Waals surface area contributed by atoms with Gasteiger partial charge in [0.1, 0.15) is 5.82 Å². The van der Waals surface area contributed by atoms with Crippen LogP contribution in [0.15, 0.2) is 50.2 Å². The zero-order valence-electron chi connectivity index (χ0n) is 12.9. The molecule has 0 aliphatic carbocycles. The molecule has 0 saturated carbocycles. The Bertz CT molecular complexity index is 1130. The third-order valence-corrected chi connectivity index (χ3v) is 3.65. The summed E-state index contributed by atoms with van der Waals surface area (Å²) in [6.45, 7) is 0.0433. The van der Waals surface area contributed by atoms with E-state index >= 15 is 0 Å². The molecule has 4 rings (SSSR count). The normalized spacial score (nSPS) is 11.5. The molecule has 0 fully saturated rings. The molecule has 3 heterocycles. The Morgan fingerprint density at radius 1 is 1.12 bits per heavy atom. The summed E-state index contributed by atoms with van der Waals surface area (Å²) in [5, 5.41) is 6.77. The van der Waals surface area contributed by atoms with Gasteiger partial charge in [0.2, 0.25) is 5.89 Å². The molecule has 0 unspecified atom stereocenters. The van der Waals surface area contributed by atoms with Crippen LogP contribution in [0.2, 0.25) is 0 Å². The zero-order chi connectivity index (χ0) is 18.3. The number of alkyl halides is 2. The second-order valence-corrected chi connectivity index (χ2v) is 5.35. The lowest BCUT2D eigenvalue weighted by molar-refractivity contribution is 0.116. The second kappa shape index (κ2) is 6.14. The molecule has 0 aliphatic rings. The van der Waals surface area contributed by atoms with E-state index in [4.69, 9.17) is 8.83 Å². The first kappa shape index (κ1) is 16.1. The van der Waals surface area contributed by atoms with Gasteiger partial charge in [0.05, 0.1) is 23.3 Å². The van der Waals surface area contributed by atoms with Crippen molar-refractivity contribution in [3.8, 4) is 11.5 Å². The van der Waals surface area contributed by atoms with Crippen LogP contribution in [-0.4, -0.2) is 19.7 Å². The topological polar surface area (TPSA) is 87.0 Å². The number of halogens is 3. The van der Waals surface area contributed by atoms with Crippen molar-refractivity contribution in [2.45, 2.75) is 13.0 Å². The SMILES string of the molecule is O=c1oc2ccc(F)cc2n1Cc1ccc(-c2nnc(C(F)F)o2)cn1.